The molecule has 0 spiro atoms. The van der Waals surface area contributed by atoms with Crippen molar-refractivity contribution in [2.75, 3.05) is 0 Å². The molecule has 0 saturated carbocycles. The van der Waals surface area contributed by atoms with Gasteiger partial charge in [-0.3, -0.25) is 0 Å². The van der Waals surface area contributed by atoms with E-state index in [1.165, 1.54) is 77.9 Å². The van der Waals surface area contributed by atoms with Crippen LogP contribution >= 0.6 is 0 Å². The minimum atomic E-state index is 0.0686. The average molecular weight is 709 g/mol. The van der Waals surface area contributed by atoms with Crippen molar-refractivity contribution < 1.29 is 0 Å². The van der Waals surface area contributed by atoms with Crippen molar-refractivity contribution in [1.29, 1.82) is 0 Å². The Labute approximate surface area is 327 Å². The molecule has 0 atom stereocenters. The summed E-state index contributed by atoms with van der Waals surface area (Å²) in [4.78, 5) is 0. The lowest BCUT2D eigenvalue weighted by Gasteiger charge is -2.23. The summed E-state index contributed by atoms with van der Waals surface area (Å²) in [5.74, 6) is 0. The van der Waals surface area contributed by atoms with Gasteiger partial charge in [0.15, 0.2) is 0 Å². The van der Waals surface area contributed by atoms with Crippen LogP contribution in [0.15, 0.2) is 146 Å². The summed E-state index contributed by atoms with van der Waals surface area (Å²) in [6, 6.07) is 55.1. The summed E-state index contributed by atoms with van der Waals surface area (Å²) >= 11 is 0. The molecule has 0 saturated heterocycles. The highest BCUT2D eigenvalue weighted by Gasteiger charge is 2.21. The number of hydrogen-bond donors (Lipinski definition) is 0. The summed E-state index contributed by atoms with van der Waals surface area (Å²) in [5, 5.41) is 0. The van der Waals surface area contributed by atoms with Gasteiger partial charge in [0.25, 0.3) is 0 Å². The minimum Gasteiger partial charge on any atom is -0.0579 e. The van der Waals surface area contributed by atoms with Gasteiger partial charge in [0.2, 0.25) is 0 Å². The van der Waals surface area contributed by atoms with Crippen LogP contribution in [0.3, 0.4) is 0 Å². The van der Waals surface area contributed by atoms with Gasteiger partial charge >= 0.3 is 0 Å². The number of rotatable bonds is 6. The monoisotopic (exact) mass is 708 g/mol. The molecule has 0 unspecified atom stereocenters. The van der Waals surface area contributed by atoms with Gasteiger partial charge in [0, 0.05) is 0 Å². The second-order valence-corrected chi connectivity index (χ2v) is 19.2. The molecule has 6 rings (SSSR count). The van der Waals surface area contributed by atoms with Gasteiger partial charge in [-0.25, -0.2) is 0 Å². The van der Waals surface area contributed by atoms with E-state index >= 15 is 0 Å². The molecule has 0 fully saturated rings. The normalized spacial score (nSPS) is 13.1. The molecule has 0 aliphatic heterocycles. The SMILES string of the molecule is CC(C)(C)c1ccc(/C(=C(\c2ccc(-c3ccc(C(C)(C)C)cc3)cc2)c2ccc(C(C)(C)C)cc2)c2ccc(-c3ccc(C(C)(C)C)cc3)cc2)cc1. The summed E-state index contributed by atoms with van der Waals surface area (Å²) < 4.78 is 0. The lowest BCUT2D eigenvalue weighted by Crippen LogP contribution is -2.11. The van der Waals surface area contributed by atoms with Crippen LogP contribution < -0.4 is 0 Å². The van der Waals surface area contributed by atoms with Crippen molar-refractivity contribution in [3.05, 3.63) is 190 Å². The van der Waals surface area contributed by atoms with Crippen LogP contribution in [0.1, 0.15) is 128 Å². The third-order valence-electron chi connectivity index (χ3n) is 10.8. The molecule has 0 amide bonds. The standard InChI is InChI=1S/C54H60/c1-51(2,3)45-29-21-39(22-30-45)37-13-17-41(18-14-37)49(43-25-33-47(34-26-43)53(7,8)9)50(44-27-35-48(36-28-44)54(10,11)12)42-19-15-38(16-20-42)40-23-31-46(32-24-40)52(4,5)6/h13-36H,1-12H3/b50-49+. The van der Waals surface area contributed by atoms with Crippen LogP contribution in [-0.4, -0.2) is 0 Å². The van der Waals surface area contributed by atoms with Crippen molar-refractivity contribution in [2.45, 2.75) is 105 Å². The van der Waals surface area contributed by atoms with Gasteiger partial charge < -0.3 is 0 Å². The smallest absolute Gasteiger partial charge is 0.00268 e. The van der Waals surface area contributed by atoms with Gasteiger partial charge in [0.1, 0.15) is 0 Å². The molecule has 0 radical (unpaired) electrons. The first-order valence-electron chi connectivity index (χ1n) is 19.7. The third-order valence-corrected chi connectivity index (χ3v) is 10.8. The molecule has 0 aliphatic rings. The van der Waals surface area contributed by atoms with E-state index in [1.807, 2.05) is 0 Å². The van der Waals surface area contributed by atoms with Gasteiger partial charge in [-0.15, -0.1) is 0 Å². The molecule has 6 aromatic rings. The van der Waals surface area contributed by atoms with E-state index in [4.69, 9.17) is 0 Å². The summed E-state index contributed by atoms with van der Waals surface area (Å²) in [6.07, 6.45) is 0. The maximum Gasteiger partial charge on any atom is -0.00268 e. The Morgan fingerprint density at radius 3 is 0.556 bits per heavy atom. The fourth-order valence-corrected chi connectivity index (χ4v) is 7.17. The van der Waals surface area contributed by atoms with Crippen molar-refractivity contribution in [1.82, 2.24) is 0 Å². The molecule has 54 heavy (non-hydrogen) atoms. The summed E-state index contributed by atoms with van der Waals surface area (Å²) in [6.45, 7) is 27.3. The Balaban J connectivity index is 1.54. The lowest BCUT2D eigenvalue weighted by atomic mass is 9.81. The second kappa shape index (κ2) is 14.7. The Bertz CT molecular complexity index is 2030. The first-order valence-corrected chi connectivity index (χ1v) is 19.7. The van der Waals surface area contributed by atoms with Crippen molar-refractivity contribution in [3.63, 3.8) is 0 Å². The predicted molar refractivity (Wildman–Crippen MR) is 236 cm³/mol. The zero-order valence-corrected chi connectivity index (χ0v) is 34.9. The summed E-state index contributed by atoms with van der Waals surface area (Å²) in [7, 11) is 0. The molecule has 6 aromatic carbocycles. The van der Waals surface area contributed by atoms with Gasteiger partial charge in [-0.05, 0) is 99.6 Å². The molecular weight excluding hydrogens is 649 g/mol. The highest BCUT2D eigenvalue weighted by molar-refractivity contribution is 6.05. The number of benzene rings is 6. The van der Waals surface area contributed by atoms with E-state index in [0.29, 0.717) is 0 Å². The lowest BCUT2D eigenvalue weighted by molar-refractivity contribution is 0.590. The van der Waals surface area contributed by atoms with Crippen LogP contribution in [0.4, 0.5) is 0 Å². The topological polar surface area (TPSA) is 0 Å². The van der Waals surface area contributed by atoms with E-state index < -0.39 is 0 Å². The van der Waals surface area contributed by atoms with Crippen molar-refractivity contribution >= 4 is 11.1 Å². The molecular formula is C54H60. The molecule has 0 heterocycles. The molecule has 0 aliphatic carbocycles. The van der Waals surface area contributed by atoms with Gasteiger partial charge in [-0.2, -0.15) is 0 Å². The molecule has 0 heteroatoms. The van der Waals surface area contributed by atoms with E-state index in [-0.39, 0.29) is 21.7 Å². The zero-order valence-electron chi connectivity index (χ0n) is 34.9. The fourth-order valence-electron chi connectivity index (χ4n) is 7.17. The largest absolute Gasteiger partial charge is 0.0579 e. The quantitative estimate of drug-likeness (QED) is 0.151. The molecule has 0 bridgehead atoms. The molecule has 0 aromatic heterocycles. The second-order valence-electron chi connectivity index (χ2n) is 19.2. The van der Waals surface area contributed by atoms with Gasteiger partial charge in [-0.1, -0.05) is 229 Å². The maximum atomic E-state index is 2.32. The zero-order chi connectivity index (χ0) is 39.1. The number of hydrogen-bond acceptors (Lipinski definition) is 0. The molecule has 0 N–H and O–H groups in total. The van der Waals surface area contributed by atoms with E-state index in [1.54, 1.807) is 0 Å². The van der Waals surface area contributed by atoms with Crippen LogP contribution in [0.5, 0.6) is 0 Å². The van der Waals surface area contributed by atoms with Crippen LogP contribution in [0.2, 0.25) is 0 Å². The third kappa shape index (κ3) is 8.71. The Hall–Kier alpha value is -4.94. The van der Waals surface area contributed by atoms with E-state index in [9.17, 15) is 0 Å². The van der Waals surface area contributed by atoms with Crippen LogP contribution in [0, 0.1) is 0 Å². The molecule has 0 nitrogen and oxygen atoms in total. The van der Waals surface area contributed by atoms with Crippen LogP contribution in [-0.2, 0) is 21.7 Å². The Morgan fingerprint density at radius 2 is 0.370 bits per heavy atom. The maximum absolute atomic E-state index is 2.32. The highest BCUT2D eigenvalue weighted by atomic mass is 14.3. The average Bonchev–Trinajstić information content (AvgIpc) is 3.13. The van der Waals surface area contributed by atoms with Gasteiger partial charge in [0.05, 0.1) is 0 Å². The van der Waals surface area contributed by atoms with Crippen molar-refractivity contribution in [3.8, 4) is 22.3 Å². The highest BCUT2D eigenvalue weighted by Crippen LogP contribution is 2.40. The Morgan fingerprint density at radius 1 is 0.222 bits per heavy atom. The first-order chi connectivity index (χ1) is 25.3. The predicted octanol–water partition coefficient (Wildman–Crippen LogP) is 15.2. The van der Waals surface area contributed by atoms with Crippen molar-refractivity contribution in [2.24, 2.45) is 0 Å². The molecule has 276 valence electrons. The van der Waals surface area contributed by atoms with E-state index in [0.717, 1.165) is 0 Å². The summed E-state index contributed by atoms with van der Waals surface area (Å²) in [5.41, 5.74) is 17.9. The first kappa shape index (κ1) is 38.8. The minimum absolute atomic E-state index is 0.0686. The fraction of sp³-hybridized carbons (Fsp3) is 0.296. The Kier molecular flexibility index (Phi) is 10.6. The van der Waals surface area contributed by atoms with E-state index in [2.05, 4.69) is 229 Å². The van der Waals surface area contributed by atoms with Crippen LogP contribution in [0.25, 0.3) is 33.4 Å².